The second kappa shape index (κ2) is 9.10. The molecule has 180 valence electrons. The Morgan fingerprint density at radius 2 is 1.65 bits per heavy atom. The van der Waals surface area contributed by atoms with Crippen LogP contribution in [-0.2, 0) is 19.7 Å². The Balaban J connectivity index is 1.39. The molecule has 1 N–H and O–H groups in total. The molecular weight excluding hydrogens is 438 g/mol. The topological polar surface area (TPSA) is 58.6 Å². The molecule has 3 aliphatic rings. The number of rotatable bonds is 3. The summed E-state index contributed by atoms with van der Waals surface area (Å²) < 4.78 is 33.9. The van der Waals surface area contributed by atoms with Gasteiger partial charge >= 0.3 is 0 Å². The summed E-state index contributed by atoms with van der Waals surface area (Å²) in [6.07, 6.45) is 2.66. The van der Waals surface area contributed by atoms with E-state index in [1.807, 2.05) is 4.90 Å². The fourth-order valence-corrected chi connectivity index (χ4v) is 6.25. The summed E-state index contributed by atoms with van der Waals surface area (Å²) in [5.41, 5.74) is 0.255. The van der Waals surface area contributed by atoms with Crippen LogP contribution in [0.15, 0.2) is 48.5 Å². The van der Waals surface area contributed by atoms with Crippen molar-refractivity contribution >= 4 is 11.8 Å². The standard InChI is InChI=1S/C27H30F2N2O3/c28-20-7-5-19(6-8-20)22-18-30-24(32)17-26(22)9-13-31(14-10-26)25(33)27(11-15-34-16-12-27)21-3-1-2-4-23(21)29/h1-8,22H,9-18H2,(H,30,32). The van der Waals surface area contributed by atoms with Gasteiger partial charge in [-0.1, -0.05) is 30.3 Å². The van der Waals surface area contributed by atoms with Crippen molar-refractivity contribution in [2.45, 2.75) is 43.4 Å². The van der Waals surface area contributed by atoms with E-state index in [9.17, 15) is 18.4 Å². The molecule has 0 saturated carbocycles. The van der Waals surface area contributed by atoms with E-state index in [2.05, 4.69) is 5.32 Å². The minimum Gasteiger partial charge on any atom is -0.381 e. The summed E-state index contributed by atoms with van der Waals surface area (Å²) in [7, 11) is 0. The zero-order chi connectivity index (χ0) is 23.8. The number of hydrogen-bond acceptors (Lipinski definition) is 3. The number of amides is 2. The molecule has 0 bridgehead atoms. The van der Waals surface area contributed by atoms with E-state index in [0.717, 1.165) is 5.56 Å². The molecule has 5 rings (SSSR count). The minimum absolute atomic E-state index is 0.0189. The van der Waals surface area contributed by atoms with Gasteiger partial charge in [-0.15, -0.1) is 0 Å². The lowest BCUT2D eigenvalue weighted by Crippen LogP contribution is -2.56. The van der Waals surface area contributed by atoms with E-state index < -0.39 is 5.41 Å². The smallest absolute Gasteiger partial charge is 0.233 e. The fraction of sp³-hybridized carbons (Fsp3) is 0.481. The van der Waals surface area contributed by atoms with Crippen molar-refractivity contribution in [2.24, 2.45) is 5.41 Å². The normalized spacial score (nSPS) is 24.0. The highest BCUT2D eigenvalue weighted by Gasteiger charge is 2.50. The van der Waals surface area contributed by atoms with Crippen LogP contribution >= 0.6 is 0 Å². The molecule has 1 spiro atoms. The average molecular weight is 469 g/mol. The zero-order valence-electron chi connectivity index (χ0n) is 19.2. The van der Waals surface area contributed by atoms with Gasteiger partial charge in [-0.05, 0) is 54.9 Å². The van der Waals surface area contributed by atoms with Gasteiger partial charge in [0.15, 0.2) is 0 Å². The summed E-state index contributed by atoms with van der Waals surface area (Å²) in [4.78, 5) is 28.2. The molecule has 1 atom stereocenters. The average Bonchev–Trinajstić information content (AvgIpc) is 2.86. The molecule has 5 nitrogen and oxygen atoms in total. The first-order valence-corrected chi connectivity index (χ1v) is 12.1. The van der Waals surface area contributed by atoms with Crippen molar-refractivity contribution in [1.29, 1.82) is 0 Å². The lowest BCUT2D eigenvalue weighted by molar-refractivity contribution is -0.145. The molecule has 2 amide bonds. The fourth-order valence-electron chi connectivity index (χ4n) is 6.25. The van der Waals surface area contributed by atoms with Crippen LogP contribution < -0.4 is 5.32 Å². The van der Waals surface area contributed by atoms with Crippen LogP contribution in [0, 0.1) is 17.0 Å². The Hall–Kier alpha value is -2.80. The second-order valence-corrected chi connectivity index (χ2v) is 9.91. The van der Waals surface area contributed by atoms with E-state index >= 15 is 0 Å². The Morgan fingerprint density at radius 1 is 0.971 bits per heavy atom. The summed E-state index contributed by atoms with van der Waals surface area (Å²) in [6, 6.07) is 13.1. The third-order valence-corrected chi connectivity index (χ3v) is 8.22. The van der Waals surface area contributed by atoms with Gasteiger partial charge in [0.25, 0.3) is 0 Å². The van der Waals surface area contributed by atoms with Crippen molar-refractivity contribution < 1.29 is 23.1 Å². The summed E-state index contributed by atoms with van der Waals surface area (Å²) >= 11 is 0. The van der Waals surface area contributed by atoms with Crippen molar-refractivity contribution in [3.63, 3.8) is 0 Å². The Morgan fingerprint density at radius 3 is 2.32 bits per heavy atom. The highest BCUT2D eigenvalue weighted by Crippen LogP contribution is 2.49. The Labute approximate surface area is 198 Å². The van der Waals surface area contributed by atoms with Gasteiger partial charge in [0.05, 0.1) is 5.41 Å². The number of nitrogens with one attached hydrogen (secondary N) is 1. The number of halogens is 2. The third-order valence-electron chi connectivity index (χ3n) is 8.22. The maximum absolute atomic E-state index is 14.9. The Bertz CT molecular complexity index is 1060. The van der Waals surface area contributed by atoms with E-state index in [4.69, 9.17) is 4.74 Å². The molecule has 3 saturated heterocycles. The summed E-state index contributed by atoms with van der Waals surface area (Å²) in [5, 5.41) is 2.97. The van der Waals surface area contributed by atoms with Gasteiger partial charge in [0.2, 0.25) is 11.8 Å². The summed E-state index contributed by atoms with van der Waals surface area (Å²) in [5.74, 6) is -0.606. The maximum Gasteiger partial charge on any atom is 0.233 e. The van der Waals surface area contributed by atoms with Crippen LogP contribution in [0.1, 0.15) is 49.1 Å². The second-order valence-electron chi connectivity index (χ2n) is 9.91. The van der Waals surface area contributed by atoms with Crippen molar-refractivity contribution in [3.8, 4) is 0 Å². The van der Waals surface area contributed by atoms with Crippen molar-refractivity contribution in [1.82, 2.24) is 10.2 Å². The SMILES string of the molecule is O=C1CC2(CCN(C(=O)C3(c4ccccc4F)CCOCC3)CC2)C(c2ccc(F)cc2)CN1. The van der Waals surface area contributed by atoms with Gasteiger partial charge in [-0.2, -0.15) is 0 Å². The number of hydrogen-bond donors (Lipinski definition) is 1. The van der Waals surface area contributed by atoms with Crippen LogP contribution in [0.5, 0.6) is 0 Å². The van der Waals surface area contributed by atoms with Gasteiger partial charge in [0, 0.05) is 50.8 Å². The van der Waals surface area contributed by atoms with Crippen LogP contribution in [0.4, 0.5) is 8.78 Å². The first kappa shape index (κ1) is 23.0. The molecule has 3 fully saturated rings. The van der Waals surface area contributed by atoms with Gasteiger partial charge in [0.1, 0.15) is 11.6 Å². The van der Waals surface area contributed by atoms with Gasteiger partial charge in [-0.3, -0.25) is 9.59 Å². The van der Waals surface area contributed by atoms with E-state index in [1.165, 1.54) is 18.2 Å². The van der Waals surface area contributed by atoms with Crippen molar-refractivity contribution in [2.75, 3.05) is 32.8 Å². The summed E-state index contributed by atoms with van der Waals surface area (Å²) in [6.45, 7) is 2.38. The molecule has 0 radical (unpaired) electrons. The lowest BCUT2D eigenvalue weighted by Gasteiger charge is -2.50. The molecule has 7 heteroatoms. The number of carbonyl (C=O) groups excluding carboxylic acids is 2. The van der Waals surface area contributed by atoms with Crippen molar-refractivity contribution in [3.05, 3.63) is 71.3 Å². The largest absolute Gasteiger partial charge is 0.381 e. The molecule has 0 aliphatic carbocycles. The third kappa shape index (κ3) is 4.00. The number of likely N-dealkylation sites (tertiary alicyclic amines) is 1. The lowest BCUT2D eigenvalue weighted by atomic mass is 9.62. The Kier molecular flexibility index (Phi) is 6.15. The maximum atomic E-state index is 14.9. The first-order valence-electron chi connectivity index (χ1n) is 12.1. The monoisotopic (exact) mass is 468 g/mol. The molecule has 3 heterocycles. The highest BCUT2D eigenvalue weighted by atomic mass is 19.1. The van der Waals surface area contributed by atoms with Gasteiger partial charge < -0.3 is 15.0 Å². The highest BCUT2D eigenvalue weighted by molar-refractivity contribution is 5.88. The first-order chi connectivity index (χ1) is 16.4. The zero-order valence-corrected chi connectivity index (χ0v) is 19.2. The number of nitrogens with zero attached hydrogens (tertiary/aromatic N) is 1. The van der Waals surface area contributed by atoms with Crippen LogP contribution in [-0.4, -0.2) is 49.6 Å². The van der Waals surface area contributed by atoms with Crippen LogP contribution in [0.25, 0.3) is 0 Å². The number of piperidine rings is 2. The van der Waals surface area contributed by atoms with Crippen LogP contribution in [0.3, 0.4) is 0 Å². The van der Waals surface area contributed by atoms with Crippen LogP contribution in [0.2, 0.25) is 0 Å². The number of carbonyl (C=O) groups is 2. The predicted molar refractivity (Wildman–Crippen MR) is 123 cm³/mol. The predicted octanol–water partition coefficient (Wildman–Crippen LogP) is 3.93. The molecule has 2 aromatic carbocycles. The molecule has 3 aliphatic heterocycles. The quantitative estimate of drug-likeness (QED) is 0.743. The van der Waals surface area contributed by atoms with E-state index in [1.54, 1.807) is 30.3 Å². The molecular formula is C27H30F2N2O3. The number of ether oxygens (including phenoxy) is 1. The van der Waals surface area contributed by atoms with E-state index in [0.29, 0.717) is 70.5 Å². The molecule has 0 aromatic heterocycles. The van der Waals surface area contributed by atoms with Gasteiger partial charge in [-0.25, -0.2) is 8.78 Å². The molecule has 2 aromatic rings. The minimum atomic E-state index is -0.922. The number of benzene rings is 2. The molecule has 1 unspecified atom stereocenters. The van der Waals surface area contributed by atoms with E-state index in [-0.39, 0.29) is 34.8 Å². The molecule has 34 heavy (non-hydrogen) atoms.